The number of hydrogen-bond donors (Lipinski definition) is 2. The average Bonchev–Trinajstić information content (AvgIpc) is 2.55. The Morgan fingerprint density at radius 1 is 1.08 bits per heavy atom. The first kappa shape index (κ1) is 18.5. The summed E-state index contributed by atoms with van der Waals surface area (Å²) in [6.45, 7) is 0.890. The Morgan fingerprint density at radius 2 is 1.67 bits per heavy atom. The van der Waals surface area contributed by atoms with Crippen molar-refractivity contribution in [2.24, 2.45) is 0 Å². The zero-order valence-electron chi connectivity index (χ0n) is 12.2. The first-order chi connectivity index (χ1) is 11.3. The topological polar surface area (TPSA) is 174 Å². The van der Waals surface area contributed by atoms with Crippen LogP contribution in [0.5, 0.6) is 5.75 Å². The van der Waals surface area contributed by atoms with Crippen molar-refractivity contribution < 1.29 is 30.6 Å². The van der Waals surface area contributed by atoms with Gasteiger partial charge in [-0.05, 0) is 5.75 Å². The molecule has 0 spiro atoms. The second kappa shape index (κ2) is 8.19. The van der Waals surface area contributed by atoms with E-state index in [1.54, 1.807) is 0 Å². The van der Waals surface area contributed by atoms with Gasteiger partial charge in [0, 0.05) is 11.6 Å². The van der Waals surface area contributed by atoms with Crippen molar-refractivity contribution >= 4 is 17.3 Å². The third-order valence-corrected chi connectivity index (χ3v) is 2.82. The van der Waals surface area contributed by atoms with Crippen LogP contribution in [0.25, 0.3) is 0 Å². The molecule has 2 aromatic carbocycles. The molecule has 0 unspecified atom stereocenters. The van der Waals surface area contributed by atoms with E-state index in [9.17, 15) is 30.1 Å². The molecule has 0 atom stereocenters. The van der Waals surface area contributed by atoms with Crippen LogP contribution >= 0.6 is 0 Å². The third-order valence-electron chi connectivity index (χ3n) is 2.82. The summed E-state index contributed by atoms with van der Waals surface area (Å²) in [5.41, 5.74) is 2.11. The van der Waals surface area contributed by atoms with E-state index in [1.165, 1.54) is 5.56 Å². The van der Waals surface area contributed by atoms with Crippen molar-refractivity contribution in [2.75, 3.05) is 0 Å². The van der Waals surface area contributed by atoms with Gasteiger partial charge >= 0.3 is 5.97 Å². The van der Waals surface area contributed by atoms with Crippen molar-refractivity contribution in [2.45, 2.75) is 6.54 Å². The number of nitro groups is 2. The maximum absolute atomic E-state index is 11.2. The maximum atomic E-state index is 11.2. The van der Waals surface area contributed by atoms with Gasteiger partial charge in [0.25, 0.3) is 11.4 Å². The van der Waals surface area contributed by atoms with Crippen molar-refractivity contribution in [3.05, 3.63) is 73.8 Å². The predicted octanol–water partition coefficient (Wildman–Crippen LogP) is 0.703. The Morgan fingerprint density at radius 3 is 2.04 bits per heavy atom. The third kappa shape index (κ3) is 4.74. The highest BCUT2D eigenvalue weighted by atomic mass is 16.6. The summed E-state index contributed by atoms with van der Waals surface area (Å²) >= 11 is 0. The van der Waals surface area contributed by atoms with Crippen LogP contribution in [0.4, 0.5) is 11.4 Å². The predicted molar refractivity (Wildman–Crippen MR) is 79.2 cm³/mol. The minimum absolute atomic E-state index is 0.425. The lowest BCUT2D eigenvalue weighted by atomic mass is 10.1. The van der Waals surface area contributed by atoms with E-state index < -0.39 is 38.5 Å². The quantitative estimate of drug-likeness (QED) is 0.610. The molecule has 0 saturated carbocycles. The number of nitro benzene ring substituents is 2. The highest BCUT2D eigenvalue weighted by Gasteiger charge is 2.21. The van der Waals surface area contributed by atoms with Crippen molar-refractivity contribution in [3.8, 4) is 5.75 Å². The lowest BCUT2D eigenvalue weighted by Crippen LogP contribution is -2.47. The number of carboxylic acid groups (broad SMARTS) is 1. The highest BCUT2D eigenvalue weighted by Crippen LogP contribution is 2.31. The van der Waals surface area contributed by atoms with Gasteiger partial charge in [0.2, 0.25) is 0 Å². The molecule has 126 valence electrons. The van der Waals surface area contributed by atoms with Gasteiger partial charge in [-0.25, -0.2) is 4.79 Å². The normalized spacial score (nSPS) is 9.54. The largest absolute Gasteiger partial charge is 0.867 e. The van der Waals surface area contributed by atoms with Crippen LogP contribution in [0.3, 0.4) is 0 Å². The highest BCUT2D eigenvalue weighted by molar-refractivity contribution is 5.93. The van der Waals surface area contributed by atoms with E-state index in [2.05, 4.69) is 17.9 Å². The van der Waals surface area contributed by atoms with E-state index in [-0.39, 0.29) is 0 Å². The fourth-order valence-electron chi connectivity index (χ4n) is 1.64. The summed E-state index contributed by atoms with van der Waals surface area (Å²) in [5.74, 6) is -3.11. The monoisotopic (exact) mass is 335 g/mol. The summed E-state index contributed by atoms with van der Waals surface area (Å²) in [7, 11) is 0. The number of aromatic carboxylic acids is 1. The van der Waals surface area contributed by atoms with E-state index in [1.807, 2.05) is 18.2 Å². The van der Waals surface area contributed by atoms with Crippen LogP contribution in [-0.2, 0) is 6.54 Å². The molecule has 0 saturated heterocycles. The second-order valence-electron chi connectivity index (χ2n) is 4.40. The Bertz CT molecular complexity index is 727. The molecule has 0 bridgehead atoms. The van der Waals surface area contributed by atoms with E-state index >= 15 is 0 Å². The number of carbonyl (C=O) groups is 1. The Kier molecular flexibility index (Phi) is 6.32. The van der Waals surface area contributed by atoms with Crippen molar-refractivity contribution in [1.82, 2.24) is 0 Å². The summed E-state index contributed by atoms with van der Waals surface area (Å²) in [6.07, 6.45) is 0. The first-order valence-electron chi connectivity index (χ1n) is 6.48. The zero-order valence-corrected chi connectivity index (χ0v) is 12.2. The molecule has 2 rings (SSSR count). The van der Waals surface area contributed by atoms with Gasteiger partial charge in [-0.2, -0.15) is 0 Å². The molecule has 0 aliphatic heterocycles. The number of nitrogens with zero attached hydrogens (tertiary/aromatic N) is 2. The molecule has 10 nitrogen and oxygen atoms in total. The molecule has 4 N–H and O–H groups in total. The summed E-state index contributed by atoms with van der Waals surface area (Å²) in [6, 6.07) is 11.1. The van der Waals surface area contributed by atoms with Crippen molar-refractivity contribution in [3.63, 3.8) is 0 Å². The molecule has 10 heteroatoms. The summed E-state index contributed by atoms with van der Waals surface area (Å²) in [4.78, 5) is 29.1. The maximum Gasteiger partial charge on any atom is 0.335 e. The fraction of sp³-hybridized carbons (Fsp3) is 0.0714. The van der Waals surface area contributed by atoms with Gasteiger partial charge in [-0.1, -0.05) is 30.3 Å². The minimum atomic E-state index is -1.75. The van der Waals surface area contributed by atoms with Crippen LogP contribution in [-0.4, -0.2) is 20.9 Å². The lowest BCUT2D eigenvalue weighted by molar-refractivity contribution is -0.403. The molecule has 0 aromatic heterocycles. The zero-order chi connectivity index (χ0) is 18.3. The molecular formula is C14H13N3O7. The number of rotatable bonds is 4. The van der Waals surface area contributed by atoms with Crippen LogP contribution in [0.15, 0.2) is 42.5 Å². The van der Waals surface area contributed by atoms with Crippen LogP contribution in [0.1, 0.15) is 15.9 Å². The molecule has 24 heavy (non-hydrogen) atoms. The molecule has 0 aliphatic rings. The average molecular weight is 335 g/mol. The Labute approximate surface area is 135 Å². The van der Waals surface area contributed by atoms with Gasteiger partial charge < -0.3 is 15.9 Å². The molecule has 0 fully saturated rings. The fourth-order valence-corrected chi connectivity index (χ4v) is 1.64. The summed E-state index contributed by atoms with van der Waals surface area (Å²) < 4.78 is 0. The van der Waals surface area contributed by atoms with Crippen LogP contribution in [0, 0.1) is 20.2 Å². The van der Waals surface area contributed by atoms with Crippen molar-refractivity contribution in [1.29, 1.82) is 0 Å². The number of carboxylic acids is 1. The minimum Gasteiger partial charge on any atom is -0.867 e. The van der Waals surface area contributed by atoms with Gasteiger partial charge in [0.15, 0.2) is 0 Å². The standard InChI is InChI=1S/C7H4N2O7.C7H9N/c10-6-4(7(11)12)1-3(8(13)14)2-5(6)9(15)16;8-6-7-4-2-1-3-5-7/h1-2,10H,(H,11,12);1-5H,6,8H2. The Hall–Kier alpha value is -3.53. The van der Waals surface area contributed by atoms with Gasteiger partial charge in [-0.15, -0.1) is 0 Å². The van der Waals surface area contributed by atoms with Crippen LogP contribution in [0.2, 0.25) is 0 Å². The SMILES string of the molecule is O=C(O)c1cc([N+](=O)[O-])cc([N+](=O)[O-])c1[O-].[NH3+]Cc1ccccc1. The molecule has 0 amide bonds. The molecule has 0 heterocycles. The molecule has 0 aliphatic carbocycles. The number of hydrogen-bond acceptors (Lipinski definition) is 6. The van der Waals surface area contributed by atoms with Gasteiger partial charge in [0.1, 0.15) is 0 Å². The first-order valence-corrected chi connectivity index (χ1v) is 6.48. The number of non-ortho nitro benzene ring substituents is 1. The molecular weight excluding hydrogens is 322 g/mol. The second-order valence-corrected chi connectivity index (χ2v) is 4.40. The smallest absolute Gasteiger partial charge is 0.335 e. The van der Waals surface area contributed by atoms with E-state index in [0.29, 0.717) is 12.1 Å². The number of benzene rings is 2. The van der Waals surface area contributed by atoms with Crippen LogP contribution < -0.4 is 10.8 Å². The van der Waals surface area contributed by atoms with Gasteiger partial charge in [0.05, 0.1) is 28.0 Å². The van der Waals surface area contributed by atoms with E-state index in [4.69, 9.17) is 5.11 Å². The van der Waals surface area contributed by atoms with E-state index in [0.717, 1.165) is 6.54 Å². The van der Waals surface area contributed by atoms with Gasteiger partial charge in [-0.3, -0.25) is 20.2 Å². The molecule has 2 aromatic rings. The molecule has 0 radical (unpaired) electrons. The number of quaternary nitrogens is 1. The lowest BCUT2D eigenvalue weighted by Gasteiger charge is -2.09. The summed E-state index contributed by atoms with van der Waals surface area (Å²) in [5, 5.41) is 40.4. The Balaban J connectivity index is 0.000000300.